The maximum atomic E-state index is 4.41. The second-order valence-corrected chi connectivity index (χ2v) is 11.6. The molecule has 0 aliphatic carbocycles. The number of aryl methyl sites for hydroxylation is 4. The third kappa shape index (κ3) is 4.71. The van der Waals surface area contributed by atoms with E-state index in [1.165, 1.54) is 49.4 Å². The zero-order chi connectivity index (χ0) is 29.9. The third-order valence-corrected chi connectivity index (χ3v) is 8.70. The van der Waals surface area contributed by atoms with Gasteiger partial charge in [-0.3, -0.25) is 0 Å². The SMILES string of the molecule is C[n+]1[c-]n(-c2[c-]c3c4cccc5c6ccccc6n(c3cc2)c45)c2ccccc21.Cc1c[c-]c(-c2cc(C)c(C)cn2)cc1.[Ir+3]. The van der Waals surface area contributed by atoms with Crippen molar-refractivity contribution in [2.75, 3.05) is 0 Å². The summed E-state index contributed by atoms with van der Waals surface area (Å²) in [4.78, 5) is 4.41. The van der Waals surface area contributed by atoms with E-state index in [1.54, 1.807) is 0 Å². The second kappa shape index (κ2) is 11.3. The van der Waals surface area contributed by atoms with Gasteiger partial charge in [-0.15, -0.1) is 59.0 Å². The Labute approximate surface area is 275 Å². The van der Waals surface area contributed by atoms with Crippen molar-refractivity contribution in [2.45, 2.75) is 20.8 Å². The van der Waals surface area contributed by atoms with E-state index in [9.17, 15) is 0 Å². The monoisotopic (exact) mass is 759 g/mol. The van der Waals surface area contributed by atoms with Gasteiger partial charge >= 0.3 is 20.1 Å². The number of nitrogens with zero attached hydrogens (tertiary/aromatic N) is 4. The molecule has 0 amide bonds. The summed E-state index contributed by atoms with van der Waals surface area (Å²) >= 11 is 0. The molecule has 5 heteroatoms. The van der Waals surface area contributed by atoms with Gasteiger partial charge in [-0.2, -0.15) is 0 Å². The van der Waals surface area contributed by atoms with Gasteiger partial charge in [0.15, 0.2) is 0 Å². The van der Waals surface area contributed by atoms with Crippen molar-refractivity contribution < 1.29 is 24.7 Å². The summed E-state index contributed by atoms with van der Waals surface area (Å²) in [5.41, 5.74) is 12.8. The summed E-state index contributed by atoms with van der Waals surface area (Å²) in [5.74, 6) is 0. The van der Waals surface area contributed by atoms with E-state index in [0.29, 0.717) is 0 Å². The molecule has 218 valence electrons. The van der Waals surface area contributed by atoms with Crippen LogP contribution in [0.1, 0.15) is 16.7 Å². The Hall–Kier alpha value is -4.83. The molecular weight excluding hydrogens is 729 g/mol. The summed E-state index contributed by atoms with van der Waals surface area (Å²) in [6.45, 7) is 6.24. The Morgan fingerprint density at radius 1 is 0.711 bits per heavy atom. The summed E-state index contributed by atoms with van der Waals surface area (Å²) in [5, 5.41) is 5.00. The number of para-hydroxylation sites is 4. The van der Waals surface area contributed by atoms with Crippen molar-refractivity contribution >= 4 is 49.1 Å². The molecule has 0 fully saturated rings. The number of rotatable bonds is 2. The van der Waals surface area contributed by atoms with Crippen LogP contribution in [0.25, 0.3) is 66.1 Å². The second-order valence-electron chi connectivity index (χ2n) is 11.6. The van der Waals surface area contributed by atoms with Crippen LogP contribution in [0.3, 0.4) is 0 Å². The van der Waals surface area contributed by atoms with E-state index in [0.717, 1.165) is 33.4 Å². The Bertz CT molecular complexity index is 2480. The molecule has 0 N–H and O–H groups in total. The molecule has 4 aromatic heterocycles. The first-order valence-electron chi connectivity index (χ1n) is 14.9. The predicted octanol–water partition coefficient (Wildman–Crippen LogP) is 8.68. The molecule has 9 rings (SSSR count). The normalized spacial score (nSPS) is 11.4. The number of imidazole rings is 1. The quantitative estimate of drug-likeness (QED) is 0.128. The van der Waals surface area contributed by atoms with E-state index >= 15 is 0 Å². The first-order valence-corrected chi connectivity index (χ1v) is 14.9. The fourth-order valence-electron chi connectivity index (χ4n) is 6.28. The zero-order valence-electron chi connectivity index (χ0n) is 25.5. The molecule has 0 spiro atoms. The zero-order valence-corrected chi connectivity index (χ0v) is 27.9. The summed E-state index contributed by atoms with van der Waals surface area (Å²) in [7, 11) is 2.03. The van der Waals surface area contributed by atoms with Gasteiger partial charge in [0.05, 0.1) is 18.1 Å². The Morgan fingerprint density at radius 2 is 1.47 bits per heavy atom. The minimum atomic E-state index is 0. The van der Waals surface area contributed by atoms with Gasteiger partial charge in [-0.25, -0.2) is 0 Å². The smallest absolute Gasteiger partial charge is 0.358 e. The van der Waals surface area contributed by atoms with E-state index in [1.807, 2.05) is 23.9 Å². The minimum Gasteiger partial charge on any atom is -0.358 e. The first-order chi connectivity index (χ1) is 21.5. The van der Waals surface area contributed by atoms with Crippen LogP contribution < -0.4 is 4.57 Å². The summed E-state index contributed by atoms with van der Waals surface area (Å²) in [6.07, 6.45) is 5.34. The molecule has 0 bridgehead atoms. The molecule has 0 aliphatic rings. The molecular formula is C40H30IrN4+. The topological polar surface area (TPSA) is 26.1 Å². The first kappa shape index (κ1) is 28.9. The van der Waals surface area contributed by atoms with Gasteiger partial charge in [0.25, 0.3) is 0 Å². The fraction of sp³-hybridized carbons (Fsp3) is 0.100. The number of benzene rings is 5. The van der Waals surface area contributed by atoms with Crippen LogP contribution in [-0.4, -0.2) is 14.0 Å². The standard InChI is InChI=1S/C26H16N3.C14H14N.Ir/c1-27-16-28(25-12-5-4-11-24(25)27)17-13-14-23-21(15-17)20-9-6-8-19-18-7-2-3-10-22(18)29(23)26(19)20;1-10-4-6-13(7-5-10)14-8-11(2)12(3)9-15-14;/h2-14H,1H3;4-6,8-9H,1-3H3;/q2*-1;+3. The average Bonchev–Trinajstić information content (AvgIpc) is 3.70. The van der Waals surface area contributed by atoms with Gasteiger partial charge in [0.2, 0.25) is 6.33 Å². The van der Waals surface area contributed by atoms with Crippen LogP contribution in [0.2, 0.25) is 0 Å². The minimum absolute atomic E-state index is 0. The molecule has 45 heavy (non-hydrogen) atoms. The average molecular weight is 759 g/mol. The molecule has 0 saturated carbocycles. The summed E-state index contributed by atoms with van der Waals surface area (Å²) < 4.78 is 6.52. The maximum absolute atomic E-state index is 4.41. The number of hydrogen-bond donors (Lipinski definition) is 0. The van der Waals surface area contributed by atoms with Crippen molar-refractivity contribution in [3.63, 3.8) is 0 Å². The number of aromatic nitrogens is 4. The predicted molar refractivity (Wildman–Crippen MR) is 180 cm³/mol. The number of hydrogen-bond acceptors (Lipinski definition) is 1. The maximum Gasteiger partial charge on any atom is 3.00 e. The van der Waals surface area contributed by atoms with Crippen molar-refractivity contribution in [1.29, 1.82) is 0 Å². The molecule has 0 atom stereocenters. The Kier molecular flexibility index (Phi) is 7.24. The van der Waals surface area contributed by atoms with E-state index in [-0.39, 0.29) is 20.1 Å². The molecule has 0 unspecified atom stereocenters. The van der Waals surface area contributed by atoms with Crippen molar-refractivity contribution in [1.82, 2.24) is 14.0 Å². The number of fused-ring (bicyclic) bond motifs is 7. The van der Waals surface area contributed by atoms with E-state index in [4.69, 9.17) is 0 Å². The van der Waals surface area contributed by atoms with Gasteiger partial charge < -0.3 is 18.5 Å². The molecule has 9 aromatic rings. The van der Waals surface area contributed by atoms with Gasteiger partial charge in [0.1, 0.15) is 0 Å². The third-order valence-electron chi connectivity index (χ3n) is 8.70. The van der Waals surface area contributed by atoms with Crippen molar-refractivity contribution in [3.05, 3.63) is 144 Å². The van der Waals surface area contributed by atoms with Crippen LogP contribution in [0.15, 0.2) is 109 Å². The molecule has 0 saturated heterocycles. The fourth-order valence-corrected chi connectivity index (χ4v) is 6.28. The number of pyridine rings is 1. The molecule has 5 aromatic carbocycles. The molecule has 4 heterocycles. The molecule has 0 aliphatic heterocycles. The van der Waals surface area contributed by atoms with Crippen molar-refractivity contribution in [2.24, 2.45) is 7.05 Å². The van der Waals surface area contributed by atoms with Crippen LogP contribution in [0.5, 0.6) is 0 Å². The Balaban J connectivity index is 0.000000173. The Morgan fingerprint density at radius 3 is 2.27 bits per heavy atom. The van der Waals surface area contributed by atoms with E-state index < -0.39 is 0 Å². The summed E-state index contributed by atoms with van der Waals surface area (Å²) in [6, 6.07) is 43.2. The van der Waals surface area contributed by atoms with Gasteiger partial charge in [-0.05, 0) is 47.8 Å². The van der Waals surface area contributed by atoms with Crippen molar-refractivity contribution in [3.8, 4) is 16.9 Å². The molecule has 0 radical (unpaired) electrons. The van der Waals surface area contributed by atoms with E-state index in [2.05, 4.69) is 150 Å². The van der Waals surface area contributed by atoms with Crippen LogP contribution >= 0.6 is 0 Å². The largest absolute Gasteiger partial charge is 3.00 e. The van der Waals surface area contributed by atoms with Gasteiger partial charge in [0, 0.05) is 22.6 Å². The van der Waals surface area contributed by atoms with Gasteiger partial charge in [-0.1, -0.05) is 84.6 Å². The molecule has 4 nitrogen and oxygen atoms in total. The van der Waals surface area contributed by atoms with Crippen LogP contribution in [0, 0.1) is 39.2 Å². The van der Waals surface area contributed by atoms with Crippen LogP contribution in [0.4, 0.5) is 0 Å². The van der Waals surface area contributed by atoms with Crippen LogP contribution in [-0.2, 0) is 27.2 Å².